The van der Waals surface area contributed by atoms with Crippen molar-refractivity contribution in [1.82, 2.24) is 14.8 Å². The lowest BCUT2D eigenvalue weighted by Crippen LogP contribution is -2.33. The van der Waals surface area contributed by atoms with Crippen molar-refractivity contribution in [3.63, 3.8) is 0 Å². The second-order valence-electron chi connectivity index (χ2n) is 7.11. The molecule has 0 spiro atoms. The van der Waals surface area contributed by atoms with Crippen LogP contribution in [-0.4, -0.2) is 39.1 Å². The molecule has 0 aliphatic carbocycles. The largest absolute Gasteiger partial charge is 0.464 e. The van der Waals surface area contributed by atoms with E-state index >= 15 is 0 Å². The average molecular weight is 487 g/mol. The Bertz CT molecular complexity index is 1070. The van der Waals surface area contributed by atoms with E-state index in [1.54, 1.807) is 22.6 Å². The highest BCUT2D eigenvalue weighted by atomic mass is 79.9. The number of aryl methyl sites for hydroxylation is 2. The molecule has 30 heavy (non-hydrogen) atoms. The molecule has 0 saturated heterocycles. The summed E-state index contributed by atoms with van der Waals surface area (Å²) >= 11 is 5.29. The second kappa shape index (κ2) is 8.81. The number of aromatic nitrogens is 3. The number of carbonyl (C=O) groups is 1. The Hall–Kier alpha value is -2.32. The molecule has 0 radical (unpaired) electrons. The number of benzene rings is 1. The van der Waals surface area contributed by atoms with Crippen LogP contribution in [0.5, 0.6) is 0 Å². The first-order valence-corrected chi connectivity index (χ1v) is 11.6. The summed E-state index contributed by atoms with van der Waals surface area (Å²) in [6.45, 7) is 4.29. The van der Waals surface area contributed by atoms with Gasteiger partial charge in [-0.2, -0.15) is 5.10 Å². The first-order valence-electron chi connectivity index (χ1n) is 9.78. The number of hydrogen-bond donors (Lipinski definition) is 1. The lowest BCUT2D eigenvalue weighted by molar-refractivity contribution is -0.143. The fourth-order valence-corrected chi connectivity index (χ4v) is 5.60. The average Bonchev–Trinajstić information content (AvgIpc) is 2.92. The zero-order valence-electron chi connectivity index (χ0n) is 17.1. The van der Waals surface area contributed by atoms with Gasteiger partial charge in [-0.05, 0) is 49.2 Å². The standard InChI is InChI=1S/C22H23BrN4O2S/c1-4-29-22(28)17-12-30-20(15-9-8-14(23)11-13(15)2)18-19(16-7-5-6-10-24-16)26-27(3)21(18)25-17/h5-11,17,20,25H,4,12H2,1-3H3/t17-,20-/m1/s1. The van der Waals surface area contributed by atoms with Gasteiger partial charge in [-0.3, -0.25) is 9.67 Å². The van der Waals surface area contributed by atoms with E-state index in [1.807, 2.05) is 32.2 Å². The van der Waals surface area contributed by atoms with Gasteiger partial charge in [0.1, 0.15) is 17.6 Å². The molecule has 0 fully saturated rings. The molecule has 1 N–H and O–H groups in total. The Morgan fingerprint density at radius 1 is 1.37 bits per heavy atom. The van der Waals surface area contributed by atoms with Gasteiger partial charge in [-0.25, -0.2) is 4.79 Å². The molecule has 2 aromatic heterocycles. The summed E-state index contributed by atoms with van der Waals surface area (Å²) in [6, 6.07) is 11.7. The summed E-state index contributed by atoms with van der Waals surface area (Å²) in [7, 11) is 1.89. The van der Waals surface area contributed by atoms with Crippen LogP contribution in [0.3, 0.4) is 0 Å². The maximum atomic E-state index is 12.6. The monoisotopic (exact) mass is 486 g/mol. The molecule has 3 heterocycles. The predicted octanol–water partition coefficient (Wildman–Crippen LogP) is 4.73. The number of nitrogens with zero attached hydrogens (tertiary/aromatic N) is 3. The molecule has 0 saturated carbocycles. The summed E-state index contributed by atoms with van der Waals surface area (Å²) in [5.41, 5.74) is 5.05. The first kappa shape index (κ1) is 20.9. The topological polar surface area (TPSA) is 69.0 Å². The van der Waals surface area contributed by atoms with Crippen LogP contribution in [-0.2, 0) is 16.6 Å². The van der Waals surface area contributed by atoms with Gasteiger partial charge in [0.05, 0.1) is 17.6 Å². The van der Waals surface area contributed by atoms with Crippen LogP contribution in [0.4, 0.5) is 5.82 Å². The molecule has 1 aliphatic rings. The summed E-state index contributed by atoms with van der Waals surface area (Å²) in [5, 5.41) is 8.19. The van der Waals surface area contributed by atoms with Crippen molar-refractivity contribution in [2.45, 2.75) is 25.1 Å². The van der Waals surface area contributed by atoms with Gasteiger partial charge in [0.2, 0.25) is 0 Å². The first-order chi connectivity index (χ1) is 14.5. The maximum absolute atomic E-state index is 12.6. The van der Waals surface area contributed by atoms with E-state index < -0.39 is 6.04 Å². The van der Waals surface area contributed by atoms with Gasteiger partial charge in [0.25, 0.3) is 0 Å². The zero-order valence-corrected chi connectivity index (χ0v) is 19.5. The Morgan fingerprint density at radius 2 is 2.20 bits per heavy atom. The molecule has 6 nitrogen and oxygen atoms in total. The second-order valence-corrected chi connectivity index (χ2v) is 9.17. The minimum atomic E-state index is -0.443. The molecule has 4 rings (SSSR count). The van der Waals surface area contributed by atoms with Crippen molar-refractivity contribution in [2.24, 2.45) is 7.05 Å². The van der Waals surface area contributed by atoms with E-state index in [9.17, 15) is 4.79 Å². The number of pyridine rings is 1. The summed E-state index contributed by atoms with van der Waals surface area (Å²) in [4.78, 5) is 17.1. The molecule has 0 amide bonds. The van der Waals surface area contributed by atoms with Crippen LogP contribution in [0, 0.1) is 6.92 Å². The van der Waals surface area contributed by atoms with Crippen LogP contribution in [0.1, 0.15) is 28.9 Å². The normalized spacial score (nSPS) is 18.3. The van der Waals surface area contributed by atoms with Gasteiger partial charge >= 0.3 is 5.97 Å². The van der Waals surface area contributed by atoms with E-state index in [0.717, 1.165) is 27.2 Å². The fraction of sp³-hybridized carbons (Fsp3) is 0.318. The number of fused-ring (bicyclic) bond motifs is 1. The number of thioether (sulfide) groups is 1. The Labute approximate surface area is 188 Å². The molecule has 1 aromatic carbocycles. The Balaban J connectivity index is 1.88. The molecular weight excluding hydrogens is 464 g/mol. The third-order valence-electron chi connectivity index (χ3n) is 5.08. The molecule has 2 atom stereocenters. The molecule has 156 valence electrons. The highest BCUT2D eigenvalue weighted by molar-refractivity contribution is 9.10. The lowest BCUT2D eigenvalue weighted by Gasteiger charge is -2.19. The smallest absolute Gasteiger partial charge is 0.329 e. The fourth-order valence-electron chi connectivity index (χ4n) is 3.68. The minimum Gasteiger partial charge on any atom is -0.464 e. The molecule has 8 heteroatoms. The number of anilines is 1. The van der Waals surface area contributed by atoms with E-state index in [0.29, 0.717) is 12.4 Å². The maximum Gasteiger partial charge on any atom is 0.329 e. The third-order valence-corrected chi connectivity index (χ3v) is 6.92. The predicted molar refractivity (Wildman–Crippen MR) is 124 cm³/mol. The minimum absolute atomic E-state index is 0.00531. The van der Waals surface area contributed by atoms with Gasteiger partial charge < -0.3 is 10.1 Å². The lowest BCUT2D eigenvalue weighted by atomic mass is 9.98. The van der Waals surface area contributed by atoms with E-state index in [2.05, 4.69) is 51.4 Å². The van der Waals surface area contributed by atoms with E-state index in [4.69, 9.17) is 9.84 Å². The number of halogens is 1. The molecular formula is C22H23BrN4O2S. The summed E-state index contributed by atoms with van der Waals surface area (Å²) < 4.78 is 8.15. The summed E-state index contributed by atoms with van der Waals surface area (Å²) in [6.07, 6.45) is 1.77. The molecule has 0 unspecified atom stereocenters. The van der Waals surface area contributed by atoms with E-state index in [1.165, 1.54) is 11.1 Å². The SMILES string of the molecule is CCOC(=O)[C@H]1CS[C@H](c2ccc(Br)cc2C)c2c(-c3ccccn3)nn(C)c2N1. The number of rotatable bonds is 4. The Kier molecular flexibility index (Phi) is 6.15. The summed E-state index contributed by atoms with van der Waals surface area (Å²) in [5.74, 6) is 1.17. The quantitative estimate of drug-likeness (QED) is 0.537. The van der Waals surface area contributed by atoms with Crippen molar-refractivity contribution in [1.29, 1.82) is 0 Å². The zero-order chi connectivity index (χ0) is 21.3. The number of esters is 1. The van der Waals surface area contributed by atoms with Gasteiger partial charge in [-0.15, -0.1) is 11.8 Å². The number of carbonyl (C=O) groups excluding carboxylic acids is 1. The highest BCUT2D eigenvalue weighted by Gasteiger charge is 2.35. The van der Waals surface area contributed by atoms with Crippen molar-refractivity contribution >= 4 is 39.5 Å². The molecule has 3 aromatic rings. The van der Waals surface area contributed by atoms with Gasteiger partial charge in [0.15, 0.2) is 0 Å². The van der Waals surface area contributed by atoms with Crippen LogP contribution in [0.25, 0.3) is 11.4 Å². The van der Waals surface area contributed by atoms with Crippen LogP contribution >= 0.6 is 27.7 Å². The van der Waals surface area contributed by atoms with Gasteiger partial charge in [-0.1, -0.05) is 28.1 Å². The van der Waals surface area contributed by atoms with Gasteiger partial charge in [0, 0.05) is 29.0 Å². The third kappa shape index (κ3) is 3.98. The van der Waals surface area contributed by atoms with Crippen molar-refractivity contribution < 1.29 is 9.53 Å². The van der Waals surface area contributed by atoms with Crippen LogP contribution in [0.15, 0.2) is 47.1 Å². The van der Waals surface area contributed by atoms with E-state index in [-0.39, 0.29) is 11.2 Å². The number of hydrogen-bond acceptors (Lipinski definition) is 6. The highest BCUT2D eigenvalue weighted by Crippen LogP contribution is 2.47. The Morgan fingerprint density at radius 3 is 2.90 bits per heavy atom. The van der Waals surface area contributed by atoms with Crippen LogP contribution < -0.4 is 5.32 Å². The number of ether oxygens (including phenoxy) is 1. The number of nitrogens with one attached hydrogen (secondary N) is 1. The molecule has 1 aliphatic heterocycles. The van der Waals surface area contributed by atoms with Crippen LogP contribution in [0.2, 0.25) is 0 Å². The van der Waals surface area contributed by atoms with Crippen molar-refractivity contribution in [3.8, 4) is 11.4 Å². The van der Waals surface area contributed by atoms with Crippen molar-refractivity contribution in [2.75, 3.05) is 17.7 Å². The molecule has 0 bridgehead atoms. The van der Waals surface area contributed by atoms with Crippen molar-refractivity contribution in [3.05, 3.63) is 63.8 Å².